The Bertz CT molecular complexity index is 538. The molecule has 0 aromatic heterocycles. The van der Waals surface area contributed by atoms with Crippen molar-refractivity contribution in [2.45, 2.75) is 38.5 Å². The molecule has 0 radical (unpaired) electrons. The van der Waals surface area contributed by atoms with Gasteiger partial charge < -0.3 is 20.1 Å². The summed E-state index contributed by atoms with van der Waals surface area (Å²) in [5, 5.41) is 12.8. The molecule has 1 atom stereocenters. The molecule has 1 heterocycles. The Morgan fingerprint density at radius 2 is 1.95 bits per heavy atom. The lowest BCUT2D eigenvalue weighted by Gasteiger charge is -2.26. The normalized spacial score (nSPS) is 22.3. The number of carbonyl (C=O) groups excluding carboxylic acids is 2. The number of para-hydroxylation sites is 1. The summed E-state index contributed by atoms with van der Waals surface area (Å²) in [5.41, 5.74) is 0.159. The van der Waals surface area contributed by atoms with Gasteiger partial charge in [-0.25, -0.2) is 4.79 Å². The van der Waals surface area contributed by atoms with Gasteiger partial charge in [-0.05, 0) is 32.9 Å². The maximum atomic E-state index is 12.3. The third kappa shape index (κ3) is 3.52. The van der Waals surface area contributed by atoms with Crippen molar-refractivity contribution in [1.29, 1.82) is 0 Å². The molecular weight excluding hydrogens is 272 g/mol. The summed E-state index contributed by atoms with van der Waals surface area (Å²) in [7, 11) is 0. The van der Waals surface area contributed by atoms with Crippen LogP contribution < -0.4 is 10.2 Å². The molecule has 0 spiro atoms. The van der Waals surface area contributed by atoms with Gasteiger partial charge in [0.15, 0.2) is 0 Å². The average Bonchev–Trinajstić information content (AvgIpc) is 2.64. The number of nitrogens with zero attached hydrogens (tertiary/aromatic N) is 1. The fourth-order valence-electron chi connectivity index (χ4n) is 2.12. The van der Waals surface area contributed by atoms with Crippen LogP contribution in [0.25, 0.3) is 0 Å². The molecule has 1 fully saturated rings. The first-order valence-corrected chi connectivity index (χ1v) is 6.82. The van der Waals surface area contributed by atoms with Gasteiger partial charge in [0.25, 0.3) is 11.7 Å². The molecule has 1 aromatic carbocycles. The van der Waals surface area contributed by atoms with Gasteiger partial charge in [-0.15, -0.1) is 0 Å². The van der Waals surface area contributed by atoms with Crippen molar-refractivity contribution in [3.63, 3.8) is 0 Å². The van der Waals surface area contributed by atoms with Gasteiger partial charge in [-0.2, -0.15) is 0 Å². The van der Waals surface area contributed by atoms with E-state index in [0.717, 1.165) is 0 Å². The Morgan fingerprint density at radius 3 is 2.52 bits per heavy atom. The first-order chi connectivity index (χ1) is 9.71. The summed E-state index contributed by atoms with van der Waals surface area (Å²) in [5.74, 6) is -2.73. The molecule has 2 N–H and O–H groups in total. The second kappa shape index (κ2) is 5.37. The van der Waals surface area contributed by atoms with E-state index < -0.39 is 23.3 Å². The average molecular weight is 292 g/mol. The van der Waals surface area contributed by atoms with E-state index in [2.05, 4.69) is 5.32 Å². The minimum absolute atomic E-state index is 0.0400. The highest BCUT2D eigenvalue weighted by Crippen LogP contribution is 2.29. The number of rotatable bonds is 2. The molecule has 1 saturated heterocycles. The van der Waals surface area contributed by atoms with E-state index in [9.17, 15) is 14.7 Å². The molecular formula is C15H20N2O4. The number of benzene rings is 1. The van der Waals surface area contributed by atoms with Gasteiger partial charge >= 0.3 is 6.09 Å². The Labute approximate surface area is 123 Å². The van der Waals surface area contributed by atoms with E-state index in [1.165, 1.54) is 4.90 Å². The van der Waals surface area contributed by atoms with Crippen LogP contribution >= 0.6 is 0 Å². The van der Waals surface area contributed by atoms with E-state index >= 15 is 0 Å². The zero-order valence-electron chi connectivity index (χ0n) is 12.4. The fourth-order valence-corrected chi connectivity index (χ4v) is 2.12. The minimum Gasteiger partial charge on any atom is -0.407 e. The summed E-state index contributed by atoms with van der Waals surface area (Å²) >= 11 is 0. The van der Waals surface area contributed by atoms with Crippen LogP contribution in [-0.2, 0) is 9.53 Å². The van der Waals surface area contributed by atoms with Crippen molar-refractivity contribution in [1.82, 2.24) is 5.32 Å². The van der Waals surface area contributed by atoms with Crippen molar-refractivity contribution >= 4 is 17.7 Å². The molecule has 1 aliphatic rings. The lowest BCUT2D eigenvalue weighted by atomic mass is 10.1. The molecule has 2 amide bonds. The van der Waals surface area contributed by atoms with Crippen molar-refractivity contribution in [2.75, 3.05) is 11.4 Å². The second-order valence-electron chi connectivity index (χ2n) is 6.09. The van der Waals surface area contributed by atoms with E-state index in [4.69, 9.17) is 4.74 Å². The zero-order chi connectivity index (χ0) is 15.7. The van der Waals surface area contributed by atoms with Crippen LogP contribution in [-0.4, -0.2) is 35.0 Å². The zero-order valence-corrected chi connectivity index (χ0v) is 12.4. The maximum absolute atomic E-state index is 12.3. The highest BCUT2D eigenvalue weighted by molar-refractivity contribution is 6.01. The molecule has 0 aliphatic carbocycles. The monoisotopic (exact) mass is 292 g/mol. The predicted molar refractivity (Wildman–Crippen MR) is 77.7 cm³/mol. The van der Waals surface area contributed by atoms with E-state index in [-0.39, 0.29) is 6.42 Å². The molecule has 1 aliphatic heterocycles. The first kappa shape index (κ1) is 15.3. The van der Waals surface area contributed by atoms with Crippen LogP contribution in [0, 0.1) is 0 Å². The van der Waals surface area contributed by atoms with Crippen LogP contribution in [0.4, 0.5) is 10.5 Å². The number of alkyl carbamates (subject to hydrolysis) is 1. The summed E-state index contributed by atoms with van der Waals surface area (Å²) in [6.45, 7) is 5.64. The number of amides is 2. The van der Waals surface area contributed by atoms with Gasteiger partial charge in [0, 0.05) is 24.2 Å². The first-order valence-electron chi connectivity index (χ1n) is 6.82. The third-order valence-corrected chi connectivity index (χ3v) is 3.06. The lowest BCUT2D eigenvalue weighted by Crippen LogP contribution is -2.49. The van der Waals surface area contributed by atoms with Crippen LogP contribution in [0.15, 0.2) is 30.3 Å². The molecule has 21 heavy (non-hydrogen) atoms. The number of hydrogen-bond donors (Lipinski definition) is 2. The van der Waals surface area contributed by atoms with Crippen molar-refractivity contribution < 1.29 is 19.4 Å². The SMILES string of the molecule is CC(C)(C)NC(=O)O[C@@]1(O)CCN(c2ccccc2)C1=O. The van der Waals surface area contributed by atoms with Gasteiger partial charge in [-0.3, -0.25) is 4.79 Å². The van der Waals surface area contributed by atoms with Crippen LogP contribution in [0.3, 0.4) is 0 Å². The summed E-state index contributed by atoms with van der Waals surface area (Å²) < 4.78 is 4.95. The van der Waals surface area contributed by atoms with Crippen LogP contribution in [0.5, 0.6) is 0 Å². The molecule has 0 bridgehead atoms. The Balaban J connectivity index is 2.08. The summed E-state index contributed by atoms with van der Waals surface area (Å²) in [4.78, 5) is 25.5. The fraction of sp³-hybridized carbons (Fsp3) is 0.467. The summed E-state index contributed by atoms with van der Waals surface area (Å²) in [6.07, 6.45) is -0.772. The smallest absolute Gasteiger partial charge is 0.407 e. The minimum atomic E-state index is -2.11. The van der Waals surface area contributed by atoms with Crippen LogP contribution in [0.2, 0.25) is 0 Å². The molecule has 6 nitrogen and oxygen atoms in total. The van der Waals surface area contributed by atoms with E-state index in [0.29, 0.717) is 12.2 Å². The quantitative estimate of drug-likeness (QED) is 0.812. The second-order valence-corrected chi connectivity index (χ2v) is 6.09. The van der Waals surface area contributed by atoms with Crippen LogP contribution in [0.1, 0.15) is 27.2 Å². The van der Waals surface area contributed by atoms with Gasteiger partial charge in [0.1, 0.15) is 0 Å². The van der Waals surface area contributed by atoms with Gasteiger partial charge in [-0.1, -0.05) is 18.2 Å². The summed E-state index contributed by atoms with van der Waals surface area (Å²) in [6, 6.07) is 8.96. The third-order valence-electron chi connectivity index (χ3n) is 3.06. The Kier molecular flexibility index (Phi) is 3.91. The van der Waals surface area contributed by atoms with Crippen molar-refractivity contribution in [3.05, 3.63) is 30.3 Å². The van der Waals surface area contributed by atoms with Gasteiger partial charge in [0.2, 0.25) is 0 Å². The standard InChI is InChI=1S/C15H20N2O4/c1-14(2,3)16-13(19)21-15(20)9-10-17(12(15)18)11-7-5-4-6-8-11/h4-8,20H,9-10H2,1-3H3,(H,16,19)/t15-/m0/s1. The molecule has 0 unspecified atom stereocenters. The van der Waals surface area contributed by atoms with Gasteiger partial charge in [0.05, 0.1) is 0 Å². The predicted octanol–water partition coefficient (Wildman–Crippen LogP) is 1.64. The molecule has 1 aromatic rings. The number of nitrogens with one attached hydrogen (secondary N) is 1. The van der Waals surface area contributed by atoms with Crippen molar-refractivity contribution in [3.8, 4) is 0 Å². The highest BCUT2D eigenvalue weighted by atomic mass is 16.7. The Hall–Kier alpha value is -2.08. The molecule has 6 heteroatoms. The van der Waals surface area contributed by atoms with Crippen molar-refractivity contribution in [2.24, 2.45) is 0 Å². The number of aliphatic hydroxyl groups is 1. The van der Waals surface area contributed by atoms with E-state index in [1.807, 2.05) is 6.07 Å². The Morgan fingerprint density at radius 1 is 1.33 bits per heavy atom. The molecule has 114 valence electrons. The maximum Gasteiger partial charge on any atom is 0.410 e. The number of ether oxygens (including phenoxy) is 1. The molecule has 0 saturated carbocycles. The lowest BCUT2D eigenvalue weighted by molar-refractivity contribution is -0.175. The highest BCUT2D eigenvalue weighted by Gasteiger charge is 2.49. The molecule has 2 rings (SSSR count). The topological polar surface area (TPSA) is 78.9 Å². The number of hydrogen-bond acceptors (Lipinski definition) is 4. The number of carbonyl (C=O) groups is 2. The van der Waals surface area contributed by atoms with E-state index in [1.54, 1.807) is 45.0 Å². The number of anilines is 1. The largest absolute Gasteiger partial charge is 0.410 e.